The zero-order valence-electron chi connectivity index (χ0n) is 21.7. The molecule has 1 amide bonds. The molecule has 0 bridgehead atoms. The zero-order valence-corrected chi connectivity index (χ0v) is 24.8. The highest BCUT2D eigenvalue weighted by Crippen LogP contribution is 2.44. The SMILES string of the molecule is CCOc1ccc(/C(O)=C2/C(=O)C(=O)N(c3nnc(SCc4ccc(Cl)cc4Cl)s3)C2c2ccc([N+](=O)[O-])cc2)cc1. The van der Waals surface area contributed by atoms with E-state index in [0.717, 1.165) is 21.8 Å². The maximum absolute atomic E-state index is 13.4. The van der Waals surface area contributed by atoms with Crippen LogP contribution in [0.1, 0.15) is 29.7 Å². The number of aliphatic hydroxyl groups excluding tert-OH is 1. The van der Waals surface area contributed by atoms with E-state index in [0.29, 0.717) is 38.1 Å². The predicted octanol–water partition coefficient (Wildman–Crippen LogP) is 7.07. The number of ketones is 1. The van der Waals surface area contributed by atoms with Gasteiger partial charge in [-0.2, -0.15) is 0 Å². The molecule has 5 rings (SSSR count). The average Bonchev–Trinajstić information content (AvgIpc) is 3.54. The number of carbonyl (C=O) groups is 2. The number of aromatic nitrogens is 2. The Morgan fingerprint density at radius 2 is 1.81 bits per heavy atom. The van der Waals surface area contributed by atoms with E-state index in [1.807, 2.05) is 6.92 Å². The molecule has 1 N–H and O–H groups in total. The Labute approximate surface area is 257 Å². The van der Waals surface area contributed by atoms with E-state index in [1.165, 1.54) is 36.0 Å². The van der Waals surface area contributed by atoms with Crippen molar-refractivity contribution in [1.82, 2.24) is 10.2 Å². The molecule has 1 aromatic heterocycles. The Morgan fingerprint density at radius 1 is 1.10 bits per heavy atom. The summed E-state index contributed by atoms with van der Waals surface area (Å²) in [7, 11) is 0. The molecule has 0 spiro atoms. The van der Waals surface area contributed by atoms with Crippen LogP contribution >= 0.6 is 46.3 Å². The van der Waals surface area contributed by atoms with E-state index in [1.54, 1.807) is 42.5 Å². The van der Waals surface area contributed by atoms with Crippen molar-refractivity contribution in [1.29, 1.82) is 0 Å². The van der Waals surface area contributed by atoms with Gasteiger partial charge in [0.05, 0.1) is 23.1 Å². The second kappa shape index (κ2) is 12.5. The minimum atomic E-state index is -1.12. The lowest BCUT2D eigenvalue weighted by Crippen LogP contribution is -2.29. The molecule has 0 saturated carbocycles. The highest BCUT2D eigenvalue weighted by Gasteiger charge is 2.48. The first-order valence-corrected chi connectivity index (χ1v) is 14.9. The van der Waals surface area contributed by atoms with Crippen LogP contribution in [0.2, 0.25) is 10.0 Å². The molecule has 214 valence electrons. The lowest BCUT2D eigenvalue weighted by molar-refractivity contribution is -0.384. The molecule has 1 aliphatic rings. The van der Waals surface area contributed by atoms with E-state index >= 15 is 0 Å². The van der Waals surface area contributed by atoms with Crippen LogP contribution in [-0.2, 0) is 15.3 Å². The first-order chi connectivity index (χ1) is 20.2. The molecule has 42 heavy (non-hydrogen) atoms. The van der Waals surface area contributed by atoms with Crippen molar-refractivity contribution in [3.05, 3.63) is 109 Å². The number of thioether (sulfide) groups is 1. The Hall–Kier alpha value is -3.97. The number of aliphatic hydroxyl groups is 1. The van der Waals surface area contributed by atoms with Gasteiger partial charge in [0.1, 0.15) is 11.5 Å². The number of nitro benzene ring substituents is 1. The highest BCUT2D eigenvalue weighted by atomic mass is 35.5. The fraction of sp³-hybridized carbons (Fsp3) is 0.143. The van der Waals surface area contributed by atoms with Crippen LogP contribution in [-0.4, -0.2) is 38.5 Å². The maximum Gasteiger partial charge on any atom is 0.301 e. The van der Waals surface area contributed by atoms with Crippen LogP contribution in [0.25, 0.3) is 5.76 Å². The molecular formula is C28H20Cl2N4O6S2. The summed E-state index contributed by atoms with van der Waals surface area (Å²) in [6.45, 7) is 2.29. The standard InChI is InChI=1S/C28H20Cl2N4O6S2/c1-2-40-20-11-6-16(7-12-20)24(35)22-23(15-4-9-19(10-5-15)34(38)39)33(26(37)25(22)36)27-31-32-28(42-27)41-14-17-3-8-18(29)13-21(17)30/h3-13,23,35H,2,14H2,1H3/b24-22-. The minimum absolute atomic E-state index is 0.121. The molecule has 14 heteroatoms. The van der Waals surface area contributed by atoms with Crippen LogP contribution in [0.15, 0.2) is 76.6 Å². The van der Waals surface area contributed by atoms with Gasteiger partial charge in [-0.05, 0) is 66.6 Å². The van der Waals surface area contributed by atoms with Gasteiger partial charge in [0.15, 0.2) is 4.34 Å². The first kappa shape index (κ1) is 29.5. The van der Waals surface area contributed by atoms with E-state index in [2.05, 4.69) is 10.2 Å². The van der Waals surface area contributed by atoms with Gasteiger partial charge < -0.3 is 9.84 Å². The van der Waals surface area contributed by atoms with Gasteiger partial charge in [0.25, 0.3) is 11.5 Å². The molecule has 1 fully saturated rings. The molecule has 1 aliphatic heterocycles. The number of hydrogen-bond donors (Lipinski definition) is 1. The minimum Gasteiger partial charge on any atom is -0.507 e. The van der Waals surface area contributed by atoms with Crippen molar-refractivity contribution >= 4 is 74.6 Å². The van der Waals surface area contributed by atoms with Crippen LogP contribution in [0, 0.1) is 10.1 Å². The van der Waals surface area contributed by atoms with Crippen molar-refractivity contribution < 1.29 is 24.4 Å². The fourth-order valence-electron chi connectivity index (χ4n) is 4.29. The van der Waals surface area contributed by atoms with Gasteiger partial charge in [-0.15, -0.1) is 10.2 Å². The number of benzene rings is 3. The number of amides is 1. The smallest absolute Gasteiger partial charge is 0.301 e. The molecule has 0 aliphatic carbocycles. The summed E-state index contributed by atoms with van der Waals surface area (Å²) < 4.78 is 5.96. The molecule has 1 saturated heterocycles. The van der Waals surface area contributed by atoms with Gasteiger partial charge in [-0.1, -0.05) is 52.4 Å². The van der Waals surface area contributed by atoms with Crippen molar-refractivity contribution in [2.75, 3.05) is 11.5 Å². The number of anilines is 1. The number of nitro groups is 1. The number of ether oxygens (including phenoxy) is 1. The van der Waals surface area contributed by atoms with E-state index in [4.69, 9.17) is 27.9 Å². The second-order valence-electron chi connectivity index (χ2n) is 8.85. The molecule has 2 heterocycles. The topological polar surface area (TPSA) is 136 Å². The average molecular weight is 644 g/mol. The third-order valence-electron chi connectivity index (χ3n) is 6.27. The summed E-state index contributed by atoms with van der Waals surface area (Å²) in [6.07, 6.45) is 0. The quantitative estimate of drug-likeness (QED) is 0.0386. The summed E-state index contributed by atoms with van der Waals surface area (Å²) in [5.41, 5.74) is 1.12. The largest absolute Gasteiger partial charge is 0.507 e. The Balaban J connectivity index is 1.53. The number of hydrogen-bond acceptors (Lipinski definition) is 10. The van der Waals surface area contributed by atoms with Crippen molar-refractivity contribution in [2.45, 2.75) is 23.1 Å². The maximum atomic E-state index is 13.4. The van der Waals surface area contributed by atoms with Gasteiger partial charge in [0.2, 0.25) is 5.13 Å². The number of Topliss-reactive ketones (excluding diaryl/α,β-unsaturated/α-hetero) is 1. The summed E-state index contributed by atoms with van der Waals surface area (Å²) >= 11 is 14.7. The van der Waals surface area contributed by atoms with E-state index < -0.39 is 28.4 Å². The third-order valence-corrected chi connectivity index (χ3v) is 8.96. The second-order valence-corrected chi connectivity index (χ2v) is 11.9. The van der Waals surface area contributed by atoms with Crippen LogP contribution in [0.4, 0.5) is 10.8 Å². The molecule has 1 unspecified atom stereocenters. The summed E-state index contributed by atoms with van der Waals surface area (Å²) in [5.74, 6) is -1.23. The molecule has 0 radical (unpaired) electrons. The summed E-state index contributed by atoms with van der Waals surface area (Å²) in [5, 5.41) is 32.0. The number of nitrogens with zero attached hydrogens (tertiary/aromatic N) is 4. The molecule has 1 atom stereocenters. The van der Waals surface area contributed by atoms with Gasteiger partial charge in [-0.25, -0.2) is 0 Å². The number of non-ortho nitro benzene ring substituents is 1. The molecule has 10 nitrogen and oxygen atoms in total. The monoisotopic (exact) mass is 642 g/mol. The van der Waals surface area contributed by atoms with Gasteiger partial charge in [-0.3, -0.25) is 24.6 Å². The van der Waals surface area contributed by atoms with Crippen LogP contribution < -0.4 is 9.64 Å². The third kappa shape index (κ3) is 5.97. The van der Waals surface area contributed by atoms with Crippen molar-refractivity contribution in [3.8, 4) is 5.75 Å². The van der Waals surface area contributed by atoms with Gasteiger partial charge >= 0.3 is 5.91 Å². The van der Waals surface area contributed by atoms with E-state index in [9.17, 15) is 24.8 Å². The Kier molecular flexibility index (Phi) is 8.78. The Bertz CT molecular complexity index is 1710. The van der Waals surface area contributed by atoms with E-state index in [-0.39, 0.29) is 22.0 Å². The van der Waals surface area contributed by atoms with Gasteiger partial charge in [0, 0.05) is 33.5 Å². The summed E-state index contributed by atoms with van der Waals surface area (Å²) in [4.78, 5) is 38.7. The number of rotatable bonds is 9. The molecule has 3 aromatic carbocycles. The van der Waals surface area contributed by atoms with Crippen molar-refractivity contribution in [2.24, 2.45) is 0 Å². The predicted molar refractivity (Wildman–Crippen MR) is 161 cm³/mol. The normalized spacial score (nSPS) is 16.2. The molecular weight excluding hydrogens is 623 g/mol. The number of carbonyl (C=O) groups excluding carboxylic acids is 2. The van der Waals surface area contributed by atoms with Crippen molar-refractivity contribution in [3.63, 3.8) is 0 Å². The molecule has 4 aromatic rings. The lowest BCUT2D eigenvalue weighted by atomic mass is 9.95. The Morgan fingerprint density at radius 3 is 2.45 bits per heavy atom. The van der Waals surface area contributed by atoms with Crippen LogP contribution in [0.3, 0.4) is 0 Å². The fourth-order valence-corrected chi connectivity index (χ4v) is 6.72. The van der Waals surface area contributed by atoms with Crippen LogP contribution in [0.5, 0.6) is 5.75 Å². The lowest BCUT2D eigenvalue weighted by Gasteiger charge is -2.22. The number of halogens is 2. The first-order valence-electron chi connectivity index (χ1n) is 12.4. The summed E-state index contributed by atoms with van der Waals surface area (Å²) in [6, 6.07) is 15.9. The zero-order chi connectivity index (χ0) is 30.0. The highest BCUT2D eigenvalue weighted by molar-refractivity contribution is 8.00.